The van der Waals surface area contributed by atoms with E-state index < -0.39 is 11.9 Å². The van der Waals surface area contributed by atoms with Crippen LogP contribution in [-0.4, -0.2) is 42.4 Å². The minimum atomic E-state index is -2.19. The van der Waals surface area contributed by atoms with E-state index in [0.717, 1.165) is 31.6 Å². The van der Waals surface area contributed by atoms with Crippen molar-refractivity contribution in [2.45, 2.75) is 26.2 Å². The van der Waals surface area contributed by atoms with Gasteiger partial charge in [-0.1, -0.05) is 44.2 Å². The second-order valence-electron chi connectivity index (χ2n) is 4.76. The van der Waals surface area contributed by atoms with Gasteiger partial charge < -0.3 is 30.4 Å². The Morgan fingerprint density at radius 3 is 1.87 bits per heavy atom. The largest absolute Gasteiger partial charge is 0.543 e. The van der Waals surface area contributed by atoms with Crippen LogP contribution in [0.3, 0.4) is 0 Å². The lowest BCUT2D eigenvalue weighted by Crippen LogP contribution is -2.42. The number of nitrogens with zero attached hydrogens (tertiary/aromatic N) is 1. The van der Waals surface area contributed by atoms with E-state index >= 15 is 0 Å². The van der Waals surface area contributed by atoms with Gasteiger partial charge in [-0.3, -0.25) is 4.79 Å². The summed E-state index contributed by atoms with van der Waals surface area (Å²) >= 11 is 0. The lowest BCUT2D eigenvalue weighted by Gasteiger charge is -2.21. The van der Waals surface area contributed by atoms with Gasteiger partial charge >= 0.3 is 0 Å². The molecule has 0 aliphatic rings. The molecule has 0 aliphatic heterocycles. The average Bonchev–Trinajstić information content (AvgIpc) is 2.52. The zero-order chi connectivity index (χ0) is 17.8. The molecule has 2 N–H and O–H groups in total. The Balaban J connectivity index is 0.000000688. The maximum Gasteiger partial charge on any atom is 0.225 e. The van der Waals surface area contributed by atoms with Crippen LogP contribution in [0, 0.1) is 0 Å². The predicted octanol–water partition coefficient (Wildman–Crippen LogP) is -1.53. The molecule has 128 valence electrons. The molecule has 1 aromatic carbocycles. The van der Waals surface area contributed by atoms with Crippen molar-refractivity contribution in [2.75, 3.05) is 19.6 Å². The first-order valence-corrected chi connectivity index (χ1v) is 7.32. The highest BCUT2D eigenvalue weighted by atomic mass is 16.4. The highest BCUT2D eigenvalue weighted by Crippen LogP contribution is 2.19. The fraction of sp³-hybridized carbons (Fsp3) is 0.438. The molecule has 23 heavy (non-hydrogen) atoms. The predicted molar refractivity (Wildman–Crippen MR) is 80.8 cm³/mol. The molecular weight excluding hydrogens is 300 g/mol. The molecule has 0 saturated heterocycles. The molecule has 0 spiro atoms. The Hall–Kier alpha value is -2.41. The maximum absolute atomic E-state index is 11.5. The smallest absolute Gasteiger partial charge is 0.225 e. The second kappa shape index (κ2) is 11.2. The maximum atomic E-state index is 11.5. The summed E-state index contributed by atoms with van der Waals surface area (Å²) in [5.41, 5.74) is 6.50. The third-order valence-corrected chi connectivity index (χ3v) is 3.34. The number of carbonyl (C=O) groups excluding carboxylic acids is 3. The number of nitrogens with two attached hydrogens (primary N) is 1. The Labute approximate surface area is 135 Å². The van der Waals surface area contributed by atoms with Gasteiger partial charge in [-0.25, -0.2) is 0 Å². The molecule has 1 rings (SSSR count). The first-order chi connectivity index (χ1) is 10.8. The fourth-order valence-electron chi connectivity index (χ4n) is 2.01. The van der Waals surface area contributed by atoms with Crippen LogP contribution < -0.4 is 15.9 Å². The SMILES string of the molecule is CCN(CC)CCC(C(N)=O)c1ccccc1.O=C([O-])C(=O)[O-]. The molecule has 1 aromatic rings. The Bertz CT molecular complexity index is 488. The molecule has 7 heteroatoms. The van der Waals surface area contributed by atoms with E-state index in [2.05, 4.69) is 18.7 Å². The summed E-state index contributed by atoms with van der Waals surface area (Å²) in [4.78, 5) is 31.6. The number of amides is 1. The molecule has 1 amide bonds. The second-order valence-corrected chi connectivity index (χ2v) is 4.76. The minimum absolute atomic E-state index is 0.170. The van der Waals surface area contributed by atoms with Crippen LogP contribution in [0.1, 0.15) is 31.7 Å². The Kier molecular flexibility index (Phi) is 10.0. The monoisotopic (exact) mass is 322 g/mol. The van der Waals surface area contributed by atoms with Crippen molar-refractivity contribution in [3.05, 3.63) is 35.9 Å². The number of carboxylic acid groups (broad SMARTS) is 2. The van der Waals surface area contributed by atoms with Gasteiger partial charge in [-0.2, -0.15) is 0 Å². The van der Waals surface area contributed by atoms with E-state index in [1.54, 1.807) is 0 Å². The van der Waals surface area contributed by atoms with Crippen LogP contribution >= 0.6 is 0 Å². The number of primary amides is 1. The van der Waals surface area contributed by atoms with E-state index in [1.807, 2.05) is 30.3 Å². The zero-order valence-corrected chi connectivity index (χ0v) is 13.4. The van der Waals surface area contributed by atoms with Crippen LogP contribution in [0.5, 0.6) is 0 Å². The van der Waals surface area contributed by atoms with Crippen molar-refractivity contribution in [2.24, 2.45) is 5.73 Å². The lowest BCUT2D eigenvalue weighted by molar-refractivity contribution is -0.345. The summed E-state index contributed by atoms with van der Waals surface area (Å²) < 4.78 is 0. The van der Waals surface area contributed by atoms with Gasteiger partial charge in [-0.15, -0.1) is 0 Å². The summed E-state index contributed by atoms with van der Waals surface area (Å²) in [6.07, 6.45) is 0.793. The molecule has 0 heterocycles. The molecule has 0 fully saturated rings. The van der Waals surface area contributed by atoms with Crippen LogP contribution in [0.4, 0.5) is 0 Å². The molecule has 0 saturated carbocycles. The third-order valence-electron chi connectivity index (χ3n) is 3.34. The van der Waals surface area contributed by atoms with Gasteiger partial charge in [0.25, 0.3) is 0 Å². The first kappa shape index (κ1) is 20.6. The number of carboxylic acids is 2. The molecular formula is C16H22N2O5-2. The topological polar surface area (TPSA) is 127 Å². The molecule has 1 atom stereocenters. The van der Waals surface area contributed by atoms with Crippen LogP contribution in [-0.2, 0) is 14.4 Å². The van der Waals surface area contributed by atoms with Gasteiger partial charge in [0.1, 0.15) is 0 Å². The van der Waals surface area contributed by atoms with Gasteiger partial charge in [0.2, 0.25) is 5.91 Å². The van der Waals surface area contributed by atoms with Crippen molar-refractivity contribution in [1.82, 2.24) is 4.90 Å². The number of aliphatic carboxylic acids is 2. The molecule has 0 aliphatic carbocycles. The van der Waals surface area contributed by atoms with Crippen molar-refractivity contribution >= 4 is 17.8 Å². The number of benzene rings is 1. The standard InChI is InChI=1S/C14H22N2O.C2H2O4/c1-3-16(4-2)11-10-13(14(15)17)12-8-6-5-7-9-12;3-1(4)2(5)6/h5-9,13H,3-4,10-11H2,1-2H3,(H2,15,17);(H,3,4)(H,5,6)/p-2. The Morgan fingerprint density at radius 2 is 1.52 bits per heavy atom. The normalized spacial score (nSPS) is 11.3. The van der Waals surface area contributed by atoms with E-state index in [-0.39, 0.29) is 11.8 Å². The fourth-order valence-corrected chi connectivity index (χ4v) is 2.01. The third kappa shape index (κ3) is 8.57. The van der Waals surface area contributed by atoms with E-state index in [1.165, 1.54) is 0 Å². The highest BCUT2D eigenvalue weighted by Gasteiger charge is 2.17. The van der Waals surface area contributed by atoms with Crippen LogP contribution in [0.25, 0.3) is 0 Å². The van der Waals surface area contributed by atoms with Crippen LogP contribution in [0.2, 0.25) is 0 Å². The molecule has 1 unspecified atom stereocenters. The lowest BCUT2D eigenvalue weighted by atomic mass is 9.95. The van der Waals surface area contributed by atoms with Gasteiger partial charge in [-0.05, 0) is 31.6 Å². The number of rotatable bonds is 7. The number of hydrogen-bond donors (Lipinski definition) is 1. The number of hydrogen-bond acceptors (Lipinski definition) is 6. The van der Waals surface area contributed by atoms with Crippen molar-refractivity contribution in [3.8, 4) is 0 Å². The molecule has 7 nitrogen and oxygen atoms in total. The molecule has 0 aromatic heterocycles. The zero-order valence-electron chi connectivity index (χ0n) is 13.4. The average molecular weight is 322 g/mol. The molecule has 0 bridgehead atoms. The van der Waals surface area contributed by atoms with Gasteiger partial charge in [0.05, 0.1) is 17.9 Å². The van der Waals surface area contributed by atoms with Crippen molar-refractivity contribution in [1.29, 1.82) is 0 Å². The summed E-state index contributed by atoms with van der Waals surface area (Å²) in [5.74, 6) is -4.77. The summed E-state index contributed by atoms with van der Waals surface area (Å²) in [6, 6.07) is 9.78. The van der Waals surface area contributed by atoms with E-state index in [0.29, 0.717) is 0 Å². The quantitative estimate of drug-likeness (QED) is 0.607. The van der Waals surface area contributed by atoms with Gasteiger partial charge in [0.15, 0.2) is 0 Å². The molecule has 0 radical (unpaired) electrons. The van der Waals surface area contributed by atoms with E-state index in [9.17, 15) is 4.79 Å². The minimum Gasteiger partial charge on any atom is -0.543 e. The summed E-state index contributed by atoms with van der Waals surface area (Å²) in [7, 11) is 0. The first-order valence-electron chi connectivity index (χ1n) is 7.32. The highest BCUT2D eigenvalue weighted by molar-refractivity contribution is 6.25. The summed E-state index contributed by atoms with van der Waals surface area (Å²) in [5, 5.41) is 17.9. The van der Waals surface area contributed by atoms with Crippen molar-refractivity contribution < 1.29 is 24.6 Å². The van der Waals surface area contributed by atoms with Crippen molar-refractivity contribution in [3.63, 3.8) is 0 Å². The van der Waals surface area contributed by atoms with Gasteiger partial charge in [0, 0.05) is 0 Å². The number of carbonyl (C=O) groups is 3. The van der Waals surface area contributed by atoms with Crippen LogP contribution in [0.15, 0.2) is 30.3 Å². The van der Waals surface area contributed by atoms with E-state index in [4.69, 9.17) is 25.5 Å². The Morgan fingerprint density at radius 1 is 1.04 bits per heavy atom. The summed E-state index contributed by atoms with van der Waals surface area (Å²) in [6.45, 7) is 7.19.